The normalized spacial score (nSPS) is 19.4. The van der Waals surface area contributed by atoms with Gasteiger partial charge in [-0.05, 0) is 38.1 Å². The highest BCUT2D eigenvalue weighted by molar-refractivity contribution is 5.82. The van der Waals surface area contributed by atoms with Crippen LogP contribution in [0.1, 0.15) is 28.3 Å². The van der Waals surface area contributed by atoms with E-state index in [-0.39, 0.29) is 11.9 Å². The van der Waals surface area contributed by atoms with Crippen LogP contribution in [0.5, 0.6) is 0 Å². The maximum Gasteiger partial charge on any atom is 0.251 e. The van der Waals surface area contributed by atoms with Crippen LogP contribution in [-0.4, -0.2) is 48.6 Å². The van der Waals surface area contributed by atoms with Gasteiger partial charge in [0.25, 0.3) is 5.91 Å². The molecule has 132 valence electrons. The second kappa shape index (κ2) is 7.76. The smallest absolute Gasteiger partial charge is 0.251 e. The van der Waals surface area contributed by atoms with Crippen LogP contribution in [0.2, 0.25) is 0 Å². The lowest BCUT2D eigenvalue weighted by Crippen LogP contribution is -2.49. The van der Waals surface area contributed by atoms with Crippen molar-refractivity contribution in [2.75, 3.05) is 26.7 Å². The molecule has 1 aliphatic rings. The maximum absolute atomic E-state index is 12.8. The number of carbonyl (C=O) groups is 1. The van der Waals surface area contributed by atoms with Crippen molar-refractivity contribution >= 4 is 5.91 Å². The number of rotatable bonds is 4. The van der Waals surface area contributed by atoms with Gasteiger partial charge in [-0.15, -0.1) is 0 Å². The summed E-state index contributed by atoms with van der Waals surface area (Å²) in [6.45, 7) is 6.18. The van der Waals surface area contributed by atoms with Crippen LogP contribution in [0.25, 0.3) is 0 Å². The predicted molar refractivity (Wildman–Crippen MR) is 97.4 cm³/mol. The molecule has 2 atom stereocenters. The summed E-state index contributed by atoms with van der Waals surface area (Å²) >= 11 is 0. The highest BCUT2D eigenvalue weighted by Gasteiger charge is 2.27. The molecule has 3 rings (SSSR count). The number of hydrogen-bond donors (Lipinski definition) is 1. The molecule has 2 unspecified atom stereocenters. The van der Waals surface area contributed by atoms with Gasteiger partial charge in [0.05, 0.1) is 12.6 Å². The van der Waals surface area contributed by atoms with Crippen molar-refractivity contribution in [2.24, 2.45) is 0 Å². The molecule has 0 saturated carbocycles. The number of aromatic nitrogens is 1. The highest BCUT2D eigenvalue weighted by atomic mass is 16.5. The SMILES string of the molecule is Cc1cc(C)cc(C(NC(=O)C2CN(C)CCO2)c2cccnc2)c1. The zero-order valence-electron chi connectivity index (χ0n) is 15.0. The van der Waals surface area contributed by atoms with Crippen LogP contribution >= 0.6 is 0 Å². The zero-order chi connectivity index (χ0) is 17.8. The number of benzene rings is 1. The number of nitrogens with one attached hydrogen (secondary N) is 1. The third kappa shape index (κ3) is 4.44. The average Bonchev–Trinajstić information content (AvgIpc) is 2.59. The van der Waals surface area contributed by atoms with E-state index in [4.69, 9.17) is 4.74 Å². The minimum absolute atomic E-state index is 0.0837. The molecule has 2 heterocycles. The predicted octanol–water partition coefficient (Wildman–Crippen LogP) is 2.23. The molecule has 1 fully saturated rings. The summed E-state index contributed by atoms with van der Waals surface area (Å²) in [4.78, 5) is 19.1. The Hall–Kier alpha value is -2.24. The molecule has 25 heavy (non-hydrogen) atoms. The third-order valence-electron chi connectivity index (χ3n) is 4.44. The van der Waals surface area contributed by atoms with Gasteiger partial charge in [0.15, 0.2) is 0 Å². The Bertz CT molecular complexity index is 713. The molecule has 0 bridgehead atoms. The van der Waals surface area contributed by atoms with Gasteiger partial charge in [-0.2, -0.15) is 0 Å². The first-order chi connectivity index (χ1) is 12.0. The Morgan fingerprint density at radius 2 is 2.04 bits per heavy atom. The summed E-state index contributed by atoms with van der Waals surface area (Å²) in [5, 5.41) is 3.16. The van der Waals surface area contributed by atoms with Crippen molar-refractivity contribution in [2.45, 2.75) is 26.0 Å². The number of aryl methyl sites for hydroxylation is 2. The van der Waals surface area contributed by atoms with E-state index in [2.05, 4.69) is 47.2 Å². The molecule has 5 heteroatoms. The first-order valence-electron chi connectivity index (χ1n) is 8.61. The van der Waals surface area contributed by atoms with Crippen LogP contribution in [0.3, 0.4) is 0 Å². The fourth-order valence-electron chi connectivity index (χ4n) is 3.25. The number of nitrogens with zero attached hydrogens (tertiary/aromatic N) is 2. The van der Waals surface area contributed by atoms with E-state index < -0.39 is 6.10 Å². The summed E-state index contributed by atoms with van der Waals surface area (Å²) in [5.41, 5.74) is 4.37. The third-order valence-corrected chi connectivity index (χ3v) is 4.44. The molecule has 1 saturated heterocycles. The largest absolute Gasteiger partial charge is 0.366 e. The average molecular weight is 339 g/mol. The topological polar surface area (TPSA) is 54.5 Å². The summed E-state index contributed by atoms with van der Waals surface area (Å²) in [7, 11) is 2.01. The molecule has 1 aliphatic heterocycles. The lowest BCUT2D eigenvalue weighted by Gasteiger charge is -2.30. The summed E-state index contributed by atoms with van der Waals surface area (Å²) in [6.07, 6.45) is 3.10. The van der Waals surface area contributed by atoms with Crippen LogP contribution < -0.4 is 5.32 Å². The quantitative estimate of drug-likeness (QED) is 0.928. The lowest BCUT2D eigenvalue weighted by molar-refractivity contribution is -0.138. The monoisotopic (exact) mass is 339 g/mol. The van der Waals surface area contributed by atoms with Crippen LogP contribution in [0.4, 0.5) is 0 Å². The summed E-state index contributed by atoms with van der Waals surface area (Å²) < 4.78 is 5.66. The van der Waals surface area contributed by atoms with Crippen molar-refractivity contribution < 1.29 is 9.53 Å². The molecule has 1 aromatic carbocycles. The van der Waals surface area contributed by atoms with Crippen LogP contribution in [0.15, 0.2) is 42.7 Å². The highest BCUT2D eigenvalue weighted by Crippen LogP contribution is 2.24. The van der Waals surface area contributed by atoms with Crippen molar-refractivity contribution in [3.63, 3.8) is 0 Å². The van der Waals surface area contributed by atoms with E-state index in [1.54, 1.807) is 12.4 Å². The molecule has 0 spiro atoms. The minimum Gasteiger partial charge on any atom is -0.366 e. The Balaban J connectivity index is 1.88. The Morgan fingerprint density at radius 1 is 1.28 bits per heavy atom. The minimum atomic E-state index is -0.441. The van der Waals surface area contributed by atoms with Gasteiger partial charge in [0.1, 0.15) is 6.10 Å². The number of pyridine rings is 1. The second-order valence-electron chi connectivity index (χ2n) is 6.77. The van der Waals surface area contributed by atoms with E-state index in [1.165, 1.54) is 11.1 Å². The molecule has 1 aromatic heterocycles. The van der Waals surface area contributed by atoms with Gasteiger partial charge < -0.3 is 15.0 Å². The number of likely N-dealkylation sites (N-methyl/N-ethyl adjacent to an activating group) is 1. The van der Waals surface area contributed by atoms with Crippen molar-refractivity contribution in [1.82, 2.24) is 15.2 Å². The van der Waals surface area contributed by atoms with Gasteiger partial charge in [0.2, 0.25) is 0 Å². The maximum atomic E-state index is 12.8. The molecule has 0 radical (unpaired) electrons. The van der Waals surface area contributed by atoms with Crippen molar-refractivity contribution in [1.29, 1.82) is 0 Å². The van der Waals surface area contributed by atoms with Crippen LogP contribution in [-0.2, 0) is 9.53 Å². The van der Waals surface area contributed by atoms with Gasteiger partial charge in [-0.3, -0.25) is 9.78 Å². The van der Waals surface area contributed by atoms with E-state index >= 15 is 0 Å². The first kappa shape index (κ1) is 17.6. The molecule has 5 nitrogen and oxygen atoms in total. The van der Waals surface area contributed by atoms with Crippen molar-refractivity contribution in [3.05, 3.63) is 65.0 Å². The van der Waals surface area contributed by atoms with E-state index in [9.17, 15) is 4.79 Å². The molecular formula is C20H25N3O2. The second-order valence-corrected chi connectivity index (χ2v) is 6.77. The van der Waals surface area contributed by atoms with E-state index in [0.29, 0.717) is 13.2 Å². The lowest BCUT2D eigenvalue weighted by atomic mass is 9.96. The first-order valence-corrected chi connectivity index (χ1v) is 8.61. The number of ether oxygens (including phenoxy) is 1. The molecule has 2 aromatic rings. The zero-order valence-corrected chi connectivity index (χ0v) is 15.0. The molecule has 1 N–H and O–H groups in total. The van der Waals surface area contributed by atoms with Gasteiger partial charge in [0, 0.05) is 25.5 Å². The summed E-state index contributed by atoms with van der Waals surface area (Å²) in [5.74, 6) is -0.0837. The fourth-order valence-corrected chi connectivity index (χ4v) is 3.25. The number of amides is 1. The fraction of sp³-hybridized carbons (Fsp3) is 0.400. The van der Waals surface area contributed by atoms with Gasteiger partial charge in [-0.25, -0.2) is 0 Å². The summed E-state index contributed by atoms with van der Waals surface area (Å²) in [6, 6.07) is 9.99. The Morgan fingerprint density at radius 3 is 2.68 bits per heavy atom. The molecule has 1 amide bonds. The standard InChI is InChI=1S/C20H25N3O2/c1-14-9-15(2)11-17(10-14)19(16-5-4-6-21-12-16)22-20(24)18-13-23(3)7-8-25-18/h4-6,9-12,18-19H,7-8,13H2,1-3H3,(H,22,24). The molecular weight excluding hydrogens is 314 g/mol. The van der Waals surface area contributed by atoms with Gasteiger partial charge in [-0.1, -0.05) is 35.4 Å². The van der Waals surface area contributed by atoms with Crippen LogP contribution in [0, 0.1) is 13.8 Å². The number of carbonyl (C=O) groups excluding carboxylic acids is 1. The van der Waals surface area contributed by atoms with E-state index in [1.807, 2.05) is 19.2 Å². The molecule has 0 aliphatic carbocycles. The van der Waals surface area contributed by atoms with Gasteiger partial charge >= 0.3 is 0 Å². The number of hydrogen-bond acceptors (Lipinski definition) is 4. The Kier molecular flexibility index (Phi) is 5.46. The van der Waals surface area contributed by atoms with Crippen molar-refractivity contribution in [3.8, 4) is 0 Å². The number of morpholine rings is 1. The Labute approximate surface area is 149 Å². The van der Waals surface area contributed by atoms with E-state index in [0.717, 1.165) is 17.7 Å².